The van der Waals surface area contributed by atoms with Gasteiger partial charge in [-0.25, -0.2) is 9.98 Å². The Morgan fingerprint density at radius 3 is 2.75 bits per heavy atom. The van der Waals surface area contributed by atoms with Crippen molar-refractivity contribution in [1.29, 1.82) is 0 Å². The van der Waals surface area contributed by atoms with Crippen molar-refractivity contribution in [3.63, 3.8) is 0 Å². The fourth-order valence-corrected chi connectivity index (χ4v) is 0.400. The third kappa shape index (κ3) is 0.578. The number of carbonyl (C=O) groups is 1. The van der Waals surface area contributed by atoms with Crippen LogP contribution in [-0.2, 0) is 4.79 Å². The quantitative estimate of drug-likeness (QED) is 0.442. The van der Waals surface area contributed by atoms with Crippen LogP contribution in [0.25, 0.3) is 0 Å². The predicted octanol–water partition coefficient (Wildman–Crippen LogP) is 0.182. The molecule has 0 spiro atoms. The van der Waals surface area contributed by atoms with Gasteiger partial charge in [0.15, 0.2) is 6.29 Å². The number of carbonyl (C=O) groups excluding carboxylic acids is 1. The van der Waals surface area contributed by atoms with Gasteiger partial charge in [0.25, 0.3) is 0 Å². The zero-order chi connectivity index (χ0) is 5.98. The lowest BCUT2D eigenvalue weighted by Crippen LogP contribution is -1.95. The predicted molar refractivity (Wildman–Crippen MR) is 31.1 cm³/mol. The zero-order valence-electron chi connectivity index (χ0n) is 4.16. The van der Waals surface area contributed by atoms with Gasteiger partial charge in [-0.3, -0.25) is 4.79 Å². The van der Waals surface area contributed by atoms with Crippen LogP contribution in [0.2, 0.25) is 0 Å². The topological polar surface area (TPSA) is 41.8 Å². The van der Waals surface area contributed by atoms with Crippen LogP contribution in [0.15, 0.2) is 22.3 Å². The molecule has 0 amide bonds. The van der Waals surface area contributed by atoms with Crippen molar-refractivity contribution in [1.82, 2.24) is 0 Å². The fourth-order valence-electron chi connectivity index (χ4n) is 0.400. The molecule has 0 fully saturated rings. The molecule has 0 aliphatic carbocycles. The fraction of sp³-hybridized carbons (Fsp3) is 0. The molecule has 3 nitrogen and oxygen atoms in total. The number of aldehydes is 1. The molecule has 0 atom stereocenters. The van der Waals surface area contributed by atoms with E-state index in [-0.39, 0.29) is 0 Å². The Bertz CT molecular complexity index is 191. The van der Waals surface area contributed by atoms with E-state index in [0.717, 1.165) is 0 Å². The van der Waals surface area contributed by atoms with Gasteiger partial charge in [0.2, 0.25) is 0 Å². The molecule has 1 aliphatic rings. The standard InChI is InChI=1S/C5H4N2O/c1-4-5(2-8)7-3-6-4/h2-3H,1H2. The normalized spacial score (nSPS) is 16.5. The lowest BCUT2D eigenvalue weighted by atomic mass is 10.3. The Hall–Kier alpha value is -1.25. The van der Waals surface area contributed by atoms with Crippen LogP contribution in [0, 0.1) is 0 Å². The Morgan fingerprint density at radius 2 is 2.50 bits per heavy atom. The van der Waals surface area contributed by atoms with Gasteiger partial charge in [-0.05, 0) is 0 Å². The Balaban J connectivity index is 2.88. The third-order valence-electron chi connectivity index (χ3n) is 0.818. The summed E-state index contributed by atoms with van der Waals surface area (Å²) in [6.45, 7) is 3.45. The van der Waals surface area contributed by atoms with Crippen LogP contribution in [0.3, 0.4) is 0 Å². The van der Waals surface area contributed by atoms with E-state index in [0.29, 0.717) is 17.7 Å². The Morgan fingerprint density at radius 1 is 1.75 bits per heavy atom. The van der Waals surface area contributed by atoms with Gasteiger partial charge in [-0.15, -0.1) is 0 Å². The summed E-state index contributed by atoms with van der Waals surface area (Å²) in [6, 6.07) is 0. The number of hydrogen-bond acceptors (Lipinski definition) is 3. The summed E-state index contributed by atoms with van der Waals surface area (Å²) >= 11 is 0. The minimum Gasteiger partial charge on any atom is -0.296 e. The monoisotopic (exact) mass is 108 g/mol. The highest BCUT2D eigenvalue weighted by molar-refractivity contribution is 6.38. The van der Waals surface area contributed by atoms with E-state index in [9.17, 15) is 4.79 Å². The number of hydrogen-bond donors (Lipinski definition) is 0. The molecular formula is C5H4N2O. The summed E-state index contributed by atoms with van der Waals surface area (Å²) in [5, 5.41) is 0. The van der Waals surface area contributed by atoms with Crippen molar-refractivity contribution in [2.24, 2.45) is 9.98 Å². The highest BCUT2D eigenvalue weighted by atomic mass is 16.1. The van der Waals surface area contributed by atoms with Crippen LogP contribution in [-0.4, -0.2) is 18.3 Å². The molecule has 0 N–H and O–H groups in total. The number of aliphatic imine (C=N–C) groups is 2. The number of nitrogens with zero attached hydrogens (tertiary/aromatic N) is 2. The van der Waals surface area contributed by atoms with Gasteiger partial charge in [0, 0.05) is 0 Å². The van der Waals surface area contributed by atoms with Gasteiger partial charge in [-0.2, -0.15) is 0 Å². The Kier molecular flexibility index (Phi) is 1.04. The van der Waals surface area contributed by atoms with Crippen molar-refractivity contribution < 1.29 is 4.79 Å². The van der Waals surface area contributed by atoms with Gasteiger partial charge in [-0.1, -0.05) is 6.58 Å². The molecule has 8 heavy (non-hydrogen) atoms. The van der Waals surface area contributed by atoms with Gasteiger partial charge < -0.3 is 0 Å². The van der Waals surface area contributed by atoms with Crippen LogP contribution in [0.5, 0.6) is 0 Å². The molecule has 0 saturated carbocycles. The number of allylic oxidation sites excluding steroid dienone is 1. The summed E-state index contributed by atoms with van der Waals surface area (Å²) in [7, 11) is 0. The van der Waals surface area contributed by atoms with Crippen molar-refractivity contribution in [2.75, 3.05) is 0 Å². The average molecular weight is 108 g/mol. The first kappa shape index (κ1) is 4.90. The van der Waals surface area contributed by atoms with Crippen molar-refractivity contribution in [3.8, 4) is 0 Å². The SMILES string of the molecule is C=C1N=CN=C1C=O. The van der Waals surface area contributed by atoms with E-state index in [1.165, 1.54) is 6.34 Å². The summed E-state index contributed by atoms with van der Waals surface area (Å²) in [6.07, 6.45) is 1.95. The van der Waals surface area contributed by atoms with E-state index in [4.69, 9.17) is 0 Å². The lowest BCUT2D eigenvalue weighted by Gasteiger charge is -1.81. The molecule has 40 valence electrons. The van der Waals surface area contributed by atoms with E-state index in [2.05, 4.69) is 16.6 Å². The first-order chi connectivity index (χ1) is 3.84. The molecule has 1 rings (SSSR count). The average Bonchev–Trinajstić information content (AvgIpc) is 2.14. The van der Waals surface area contributed by atoms with Gasteiger partial charge >= 0.3 is 0 Å². The van der Waals surface area contributed by atoms with E-state index < -0.39 is 0 Å². The third-order valence-corrected chi connectivity index (χ3v) is 0.818. The molecule has 1 aliphatic heterocycles. The van der Waals surface area contributed by atoms with Crippen LogP contribution < -0.4 is 0 Å². The molecule has 0 aromatic rings. The minimum absolute atomic E-state index is 0.324. The van der Waals surface area contributed by atoms with Crippen LogP contribution in [0.1, 0.15) is 0 Å². The summed E-state index contributed by atoms with van der Waals surface area (Å²) in [4.78, 5) is 17.2. The smallest absolute Gasteiger partial charge is 0.170 e. The summed E-state index contributed by atoms with van der Waals surface area (Å²) in [5.74, 6) is 0. The van der Waals surface area contributed by atoms with E-state index in [1.807, 2.05) is 0 Å². The second-order valence-corrected chi connectivity index (χ2v) is 1.32. The van der Waals surface area contributed by atoms with Gasteiger partial charge in [0.1, 0.15) is 12.1 Å². The molecule has 0 bridgehead atoms. The maximum Gasteiger partial charge on any atom is 0.170 e. The maximum absolute atomic E-state index is 9.95. The van der Waals surface area contributed by atoms with Crippen molar-refractivity contribution in [2.45, 2.75) is 0 Å². The molecule has 1 heterocycles. The van der Waals surface area contributed by atoms with E-state index >= 15 is 0 Å². The van der Waals surface area contributed by atoms with Crippen LogP contribution >= 0.6 is 0 Å². The highest BCUT2D eigenvalue weighted by Gasteiger charge is 2.03. The molecule has 3 heteroatoms. The molecule has 0 aromatic carbocycles. The van der Waals surface area contributed by atoms with Crippen molar-refractivity contribution >= 4 is 18.3 Å². The molecular weight excluding hydrogens is 104 g/mol. The molecule has 0 aromatic heterocycles. The first-order valence-electron chi connectivity index (χ1n) is 2.09. The second-order valence-electron chi connectivity index (χ2n) is 1.32. The zero-order valence-corrected chi connectivity index (χ0v) is 4.16. The highest BCUT2D eigenvalue weighted by Crippen LogP contribution is 1.99. The minimum atomic E-state index is 0.324. The number of rotatable bonds is 1. The molecule has 0 unspecified atom stereocenters. The maximum atomic E-state index is 9.95. The Labute approximate surface area is 46.5 Å². The van der Waals surface area contributed by atoms with E-state index in [1.54, 1.807) is 0 Å². The van der Waals surface area contributed by atoms with Gasteiger partial charge in [0.05, 0.1) is 5.70 Å². The summed E-state index contributed by atoms with van der Waals surface area (Å²) < 4.78 is 0. The van der Waals surface area contributed by atoms with Crippen molar-refractivity contribution in [3.05, 3.63) is 12.3 Å². The molecule has 0 saturated heterocycles. The largest absolute Gasteiger partial charge is 0.296 e. The van der Waals surface area contributed by atoms with Crippen LogP contribution in [0.4, 0.5) is 0 Å². The molecule has 0 radical (unpaired) electrons. The first-order valence-corrected chi connectivity index (χ1v) is 2.09. The second kappa shape index (κ2) is 1.69. The lowest BCUT2D eigenvalue weighted by molar-refractivity contribution is -0.102. The summed E-state index contributed by atoms with van der Waals surface area (Å²) in [5.41, 5.74) is 0.769.